The normalized spacial score (nSPS) is 25.4. The van der Waals surface area contributed by atoms with Gasteiger partial charge in [-0.2, -0.15) is 0 Å². The summed E-state index contributed by atoms with van der Waals surface area (Å²) in [4.78, 5) is 0. The van der Waals surface area contributed by atoms with Crippen LogP contribution >= 0.6 is 7.26 Å². The number of unbranched alkanes of at least 4 members (excludes halogenated alkanes) is 4. The SMILES string of the molecule is CCCCCCC[PH](C1CCCCC1)(C1CCCCC1)C1CCCCC1. The summed E-state index contributed by atoms with van der Waals surface area (Å²) < 4.78 is 0. The van der Waals surface area contributed by atoms with Gasteiger partial charge in [0.25, 0.3) is 0 Å². The summed E-state index contributed by atoms with van der Waals surface area (Å²) >= 11 is 0. The van der Waals surface area contributed by atoms with E-state index in [0.717, 1.165) is 0 Å². The molecule has 3 aliphatic rings. The molecule has 26 heavy (non-hydrogen) atoms. The molecular formula is C25H49P. The fourth-order valence-electron chi connectivity index (χ4n) is 7.57. The average Bonchev–Trinajstić information content (AvgIpc) is 2.73. The van der Waals surface area contributed by atoms with Crippen molar-refractivity contribution >= 4 is 7.26 Å². The topological polar surface area (TPSA) is 0 Å². The second-order valence-electron chi connectivity index (χ2n) is 10.3. The summed E-state index contributed by atoms with van der Waals surface area (Å²) in [5.74, 6) is 0. The van der Waals surface area contributed by atoms with Crippen LogP contribution in [-0.4, -0.2) is 23.1 Å². The van der Waals surface area contributed by atoms with E-state index >= 15 is 0 Å². The predicted octanol–water partition coefficient (Wildman–Crippen LogP) is 8.70. The van der Waals surface area contributed by atoms with Crippen molar-refractivity contribution < 1.29 is 0 Å². The first-order valence-electron chi connectivity index (χ1n) is 12.9. The van der Waals surface area contributed by atoms with Crippen molar-refractivity contribution in [3.05, 3.63) is 0 Å². The molecule has 3 rings (SSSR count). The standard InChI is InChI=1S/C25H49P/c1-2-3-4-5-15-22-26(23-16-9-6-10-17-23,24-18-11-7-12-19-24)25-20-13-8-14-21-25/h23-26H,2-22H2,1H3. The van der Waals surface area contributed by atoms with Crippen LogP contribution in [0.3, 0.4) is 0 Å². The van der Waals surface area contributed by atoms with Crippen molar-refractivity contribution in [3.63, 3.8) is 0 Å². The zero-order valence-electron chi connectivity index (χ0n) is 18.1. The Hall–Kier alpha value is 0.430. The summed E-state index contributed by atoms with van der Waals surface area (Å²) in [6, 6.07) is 0. The summed E-state index contributed by atoms with van der Waals surface area (Å²) in [6.07, 6.45) is 33.3. The van der Waals surface area contributed by atoms with Gasteiger partial charge >= 0.3 is 166 Å². The third-order valence-corrected chi connectivity index (χ3v) is 16.3. The van der Waals surface area contributed by atoms with E-state index in [4.69, 9.17) is 0 Å². The van der Waals surface area contributed by atoms with Crippen LogP contribution in [0.4, 0.5) is 0 Å². The fraction of sp³-hybridized carbons (Fsp3) is 1.00. The van der Waals surface area contributed by atoms with E-state index in [1.807, 2.05) is 0 Å². The van der Waals surface area contributed by atoms with Crippen LogP contribution in [0.2, 0.25) is 0 Å². The molecule has 0 aromatic heterocycles. The molecule has 0 amide bonds. The van der Waals surface area contributed by atoms with Crippen LogP contribution in [0, 0.1) is 0 Å². The molecule has 3 saturated carbocycles. The van der Waals surface area contributed by atoms with Gasteiger partial charge < -0.3 is 0 Å². The number of hydrogen-bond acceptors (Lipinski definition) is 0. The molecule has 3 aliphatic carbocycles. The zero-order valence-corrected chi connectivity index (χ0v) is 19.1. The maximum atomic E-state index is 2.37. The van der Waals surface area contributed by atoms with Crippen molar-refractivity contribution in [2.75, 3.05) is 6.16 Å². The summed E-state index contributed by atoms with van der Waals surface area (Å²) in [7, 11) is -1.15. The van der Waals surface area contributed by atoms with E-state index in [1.165, 1.54) is 36.2 Å². The Morgan fingerprint density at radius 3 is 1.27 bits per heavy atom. The van der Waals surface area contributed by atoms with Crippen LogP contribution in [-0.2, 0) is 0 Å². The van der Waals surface area contributed by atoms with E-state index in [1.54, 1.807) is 115 Å². The van der Waals surface area contributed by atoms with Crippen molar-refractivity contribution in [1.82, 2.24) is 0 Å². The number of rotatable bonds is 9. The molecule has 0 aliphatic heterocycles. The Bertz CT molecular complexity index is 313. The van der Waals surface area contributed by atoms with E-state index in [2.05, 4.69) is 6.92 Å². The molecule has 0 nitrogen and oxygen atoms in total. The first-order chi connectivity index (χ1) is 12.9. The van der Waals surface area contributed by atoms with Crippen molar-refractivity contribution in [2.45, 2.75) is 152 Å². The average molecular weight is 381 g/mol. The molecule has 154 valence electrons. The zero-order chi connectivity index (χ0) is 18.1. The molecule has 0 unspecified atom stereocenters. The van der Waals surface area contributed by atoms with Crippen molar-refractivity contribution in [2.24, 2.45) is 0 Å². The summed E-state index contributed by atoms with van der Waals surface area (Å²) in [5.41, 5.74) is 3.69. The van der Waals surface area contributed by atoms with Crippen LogP contribution in [0.1, 0.15) is 135 Å². The van der Waals surface area contributed by atoms with Crippen LogP contribution < -0.4 is 0 Å². The molecule has 0 atom stereocenters. The minimum atomic E-state index is -1.15. The molecule has 0 aromatic rings. The van der Waals surface area contributed by atoms with Gasteiger partial charge in [-0.15, -0.1) is 0 Å². The third kappa shape index (κ3) is 5.27. The van der Waals surface area contributed by atoms with Gasteiger partial charge in [0.1, 0.15) is 0 Å². The second-order valence-corrected chi connectivity index (χ2v) is 15.5. The van der Waals surface area contributed by atoms with Gasteiger partial charge in [-0.25, -0.2) is 0 Å². The molecule has 0 N–H and O–H groups in total. The Labute approximate surface area is 166 Å². The molecule has 0 radical (unpaired) electrons. The second kappa shape index (κ2) is 11.4. The maximum absolute atomic E-state index is 2.37. The fourth-order valence-corrected chi connectivity index (χ4v) is 16.1. The van der Waals surface area contributed by atoms with Gasteiger partial charge in [0.05, 0.1) is 0 Å². The quantitative estimate of drug-likeness (QED) is 0.277. The molecule has 0 heterocycles. The van der Waals surface area contributed by atoms with Gasteiger partial charge in [-0.3, -0.25) is 0 Å². The first kappa shape index (κ1) is 21.1. The molecule has 0 bridgehead atoms. The minimum absolute atomic E-state index is 1.15. The first-order valence-corrected chi connectivity index (χ1v) is 15.3. The Kier molecular flexibility index (Phi) is 9.30. The van der Waals surface area contributed by atoms with Gasteiger partial charge in [0, 0.05) is 0 Å². The van der Waals surface area contributed by atoms with E-state index in [-0.39, 0.29) is 0 Å². The van der Waals surface area contributed by atoms with E-state index < -0.39 is 7.26 Å². The monoisotopic (exact) mass is 380 g/mol. The van der Waals surface area contributed by atoms with Crippen molar-refractivity contribution in [1.29, 1.82) is 0 Å². The molecule has 0 aromatic carbocycles. The molecule has 3 fully saturated rings. The van der Waals surface area contributed by atoms with E-state index in [9.17, 15) is 0 Å². The van der Waals surface area contributed by atoms with Crippen molar-refractivity contribution in [3.8, 4) is 0 Å². The van der Waals surface area contributed by atoms with Gasteiger partial charge in [-0.05, 0) is 0 Å². The van der Waals surface area contributed by atoms with Crippen LogP contribution in [0.5, 0.6) is 0 Å². The molecule has 0 saturated heterocycles. The Morgan fingerprint density at radius 2 is 0.885 bits per heavy atom. The van der Waals surface area contributed by atoms with Crippen LogP contribution in [0.25, 0.3) is 0 Å². The third-order valence-electron chi connectivity index (χ3n) is 8.81. The van der Waals surface area contributed by atoms with Gasteiger partial charge in [0.15, 0.2) is 0 Å². The predicted molar refractivity (Wildman–Crippen MR) is 123 cm³/mol. The molecule has 1 heteroatoms. The van der Waals surface area contributed by atoms with Gasteiger partial charge in [-0.1, -0.05) is 0 Å². The Morgan fingerprint density at radius 1 is 0.500 bits per heavy atom. The van der Waals surface area contributed by atoms with Crippen LogP contribution in [0.15, 0.2) is 0 Å². The summed E-state index contributed by atoms with van der Waals surface area (Å²) in [5, 5.41) is 0. The number of hydrogen-bond donors (Lipinski definition) is 0. The van der Waals surface area contributed by atoms with E-state index in [0.29, 0.717) is 0 Å². The van der Waals surface area contributed by atoms with Gasteiger partial charge in [0.2, 0.25) is 0 Å². The molecular weight excluding hydrogens is 331 g/mol. The summed E-state index contributed by atoms with van der Waals surface area (Å²) in [6.45, 7) is 2.37. The molecule has 0 spiro atoms. The Balaban J connectivity index is 1.78.